The number of rotatable bonds is 2. The molecular weight excluding hydrogens is 211 g/mol. The van der Waals surface area contributed by atoms with Gasteiger partial charge in [-0.1, -0.05) is 24.4 Å². The molecule has 0 aliphatic rings. The Labute approximate surface area is 91.9 Å². The molecule has 0 atom stereocenters. The highest BCUT2D eigenvalue weighted by molar-refractivity contribution is 7.03. The minimum Gasteiger partial charge on any atom is -0.206 e. The van der Waals surface area contributed by atoms with Crippen LogP contribution in [0.4, 0.5) is 4.39 Å². The van der Waals surface area contributed by atoms with Gasteiger partial charge in [-0.2, -0.15) is 0 Å². The molecule has 1 heterocycles. The maximum Gasteiger partial charge on any atom is 0.136 e. The third kappa shape index (κ3) is 1.90. The van der Waals surface area contributed by atoms with Crippen molar-refractivity contribution in [2.75, 3.05) is 0 Å². The Morgan fingerprint density at radius 1 is 1.47 bits per heavy atom. The molecule has 4 heteroatoms. The van der Waals surface area contributed by atoms with Crippen LogP contribution in [-0.2, 0) is 0 Å². The van der Waals surface area contributed by atoms with Crippen LogP contribution in [0.5, 0.6) is 0 Å². The first-order valence-corrected chi connectivity index (χ1v) is 5.51. The Hall–Kier alpha value is -1.29. The van der Waals surface area contributed by atoms with Gasteiger partial charge in [0.1, 0.15) is 11.5 Å². The number of hydrogen-bond acceptors (Lipinski definition) is 3. The van der Waals surface area contributed by atoms with Crippen LogP contribution >= 0.6 is 11.5 Å². The Morgan fingerprint density at radius 2 is 2.27 bits per heavy atom. The number of aromatic nitrogens is 2. The minimum absolute atomic E-state index is 0.122. The maximum atomic E-state index is 14.0. The van der Waals surface area contributed by atoms with E-state index in [0.29, 0.717) is 16.8 Å². The van der Waals surface area contributed by atoms with Gasteiger partial charge in [-0.15, -0.1) is 5.10 Å². The topological polar surface area (TPSA) is 25.8 Å². The normalized spacial score (nSPS) is 10.9. The van der Waals surface area contributed by atoms with Crippen molar-refractivity contribution in [1.82, 2.24) is 9.59 Å². The summed E-state index contributed by atoms with van der Waals surface area (Å²) in [4.78, 5) is 0. The largest absolute Gasteiger partial charge is 0.206 e. The molecule has 0 fully saturated rings. The molecule has 1 aromatic heterocycles. The summed E-state index contributed by atoms with van der Waals surface area (Å²) in [5, 5.41) is 5.60. The van der Waals surface area contributed by atoms with Gasteiger partial charge in [0.05, 0.1) is 0 Å². The van der Waals surface area contributed by atoms with Crippen molar-refractivity contribution in [3.8, 4) is 11.3 Å². The van der Waals surface area contributed by atoms with E-state index in [1.54, 1.807) is 17.5 Å². The summed E-state index contributed by atoms with van der Waals surface area (Å²) in [7, 11) is 0. The average Bonchev–Trinajstić information content (AvgIpc) is 2.70. The van der Waals surface area contributed by atoms with Crippen LogP contribution in [-0.4, -0.2) is 9.59 Å². The Balaban J connectivity index is 2.54. The zero-order valence-electron chi connectivity index (χ0n) is 8.49. The minimum atomic E-state index is -0.236. The molecule has 0 aliphatic carbocycles. The molecule has 1 aromatic carbocycles. The summed E-state index contributed by atoms with van der Waals surface area (Å²) >= 11 is 1.22. The second-order valence-electron chi connectivity index (χ2n) is 3.56. The Bertz CT molecular complexity index is 452. The van der Waals surface area contributed by atoms with E-state index < -0.39 is 0 Å². The smallest absolute Gasteiger partial charge is 0.136 e. The zero-order chi connectivity index (χ0) is 10.8. The predicted molar refractivity (Wildman–Crippen MR) is 58.2 cm³/mol. The van der Waals surface area contributed by atoms with E-state index in [1.807, 2.05) is 13.8 Å². The summed E-state index contributed by atoms with van der Waals surface area (Å²) < 4.78 is 17.7. The van der Waals surface area contributed by atoms with Crippen molar-refractivity contribution in [2.24, 2.45) is 0 Å². The fourth-order valence-corrected chi connectivity index (χ4v) is 1.85. The molecule has 2 aromatic rings. The lowest BCUT2D eigenvalue weighted by molar-refractivity contribution is 0.600. The van der Waals surface area contributed by atoms with Gasteiger partial charge in [0, 0.05) is 10.9 Å². The van der Waals surface area contributed by atoms with Gasteiger partial charge in [0.15, 0.2) is 0 Å². The second-order valence-corrected chi connectivity index (χ2v) is 4.17. The first-order valence-electron chi connectivity index (χ1n) is 4.67. The van der Waals surface area contributed by atoms with Gasteiger partial charge in [0.25, 0.3) is 0 Å². The molecule has 0 saturated heterocycles. The standard InChI is InChI=1S/C11H10FN2S/c1-7(2)8-4-3-5-9(11(8)12)10-6-15-14-13-10/h3,5-7H,1-2H3. The van der Waals surface area contributed by atoms with Crippen molar-refractivity contribution < 1.29 is 4.39 Å². The lowest BCUT2D eigenvalue weighted by atomic mass is 9.99. The summed E-state index contributed by atoms with van der Waals surface area (Å²) in [6.45, 7) is 3.88. The van der Waals surface area contributed by atoms with Crippen molar-refractivity contribution in [3.63, 3.8) is 0 Å². The van der Waals surface area contributed by atoms with E-state index in [0.717, 1.165) is 0 Å². The van der Waals surface area contributed by atoms with Gasteiger partial charge in [-0.3, -0.25) is 0 Å². The molecule has 0 aliphatic heterocycles. The monoisotopic (exact) mass is 221 g/mol. The van der Waals surface area contributed by atoms with E-state index in [4.69, 9.17) is 0 Å². The van der Waals surface area contributed by atoms with E-state index in [9.17, 15) is 4.39 Å². The summed E-state index contributed by atoms with van der Waals surface area (Å²) in [5.74, 6) is -0.114. The van der Waals surface area contributed by atoms with Gasteiger partial charge in [-0.25, -0.2) is 4.39 Å². The van der Waals surface area contributed by atoms with Crippen LogP contribution in [0, 0.1) is 11.9 Å². The second kappa shape index (κ2) is 4.06. The maximum absolute atomic E-state index is 14.0. The lowest BCUT2D eigenvalue weighted by Crippen LogP contribution is -1.96. The zero-order valence-corrected chi connectivity index (χ0v) is 9.31. The van der Waals surface area contributed by atoms with E-state index in [2.05, 4.69) is 15.7 Å². The fourth-order valence-electron chi connectivity index (χ4n) is 1.40. The molecule has 0 spiro atoms. The van der Waals surface area contributed by atoms with Crippen LogP contribution < -0.4 is 0 Å². The fraction of sp³-hybridized carbons (Fsp3) is 0.273. The highest BCUT2D eigenvalue weighted by atomic mass is 32.1. The molecule has 2 nitrogen and oxygen atoms in total. The van der Waals surface area contributed by atoms with Gasteiger partial charge in [0.2, 0.25) is 0 Å². The lowest BCUT2D eigenvalue weighted by Gasteiger charge is -2.08. The van der Waals surface area contributed by atoms with Crippen molar-refractivity contribution in [2.45, 2.75) is 19.8 Å². The number of halogens is 1. The van der Waals surface area contributed by atoms with E-state index >= 15 is 0 Å². The Morgan fingerprint density at radius 3 is 2.87 bits per heavy atom. The molecule has 2 rings (SSSR count). The highest BCUT2D eigenvalue weighted by Gasteiger charge is 2.13. The molecule has 0 N–H and O–H groups in total. The summed E-state index contributed by atoms with van der Waals surface area (Å²) in [6, 6.07) is 6.33. The number of benzene rings is 1. The molecule has 0 amide bonds. The average molecular weight is 221 g/mol. The molecule has 0 bridgehead atoms. The first-order chi connectivity index (χ1) is 7.20. The molecule has 0 unspecified atom stereocenters. The third-order valence-electron chi connectivity index (χ3n) is 2.18. The number of nitrogens with zero attached hydrogens (tertiary/aromatic N) is 2. The van der Waals surface area contributed by atoms with Crippen LogP contribution in [0.2, 0.25) is 0 Å². The van der Waals surface area contributed by atoms with Crippen molar-refractivity contribution in [3.05, 3.63) is 35.0 Å². The molecule has 77 valence electrons. The molecule has 1 radical (unpaired) electrons. The van der Waals surface area contributed by atoms with E-state index in [1.165, 1.54) is 11.5 Å². The summed E-state index contributed by atoms with van der Waals surface area (Å²) in [5.41, 5.74) is 1.69. The molecule has 0 saturated carbocycles. The Kier molecular flexibility index (Phi) is 2.77. The predicted octanol–water partition coefficient (Wildman–Crippen LogP) is 3.27. The molecular formula is C11H10FN2S. The quantitative estimate of drug-likeness (QED) is 0.777. The van der Waals surface area contributed by atoms with Crippen LogP contribution in [0.15, 0.2) is 17.5 Å². The van der Waals surface area contributed by atoms with Gasteiger partial charge < -0.3 is 0 Å². The van der Waals surface area contributed by atoms with Crippen LogP contribution in [0.25, 0.3) is 11.3 Å². The SMILES string of the molecule is CC(C)c1[c]ccc(-c2csnn2)c1F. The van der Waals surface area contributed by atoms with Crippen molar-refractivity contribution >= 4 is 11.5 Å². The van der Waals surface area contributed by atoms with Crippen LogP contribution in [0.3, 0.4) is 0 Å². The van der Waals surface area contributed by atoms with E-state index in [-0.39, 0.29) is 11.7 Å². The third-order valence-corrected chi connectivity index (χ3v) is 2.68. The first kappa shape index (κ1) is 10.2. The van der Waals surface area contributed by atoms with Crippen molar-refractivity contribution in [1.29, 1.82) is 0 Å². The van der Waals surface area contributed by atoms with Gasteiger partial charge >= 0.3 is 0 Å². The van der Waals surface area contributed by atoms with Crippen LogP contribution in [0.1, 0.15) is 25.3 Å². The van der Waals surface area contributed by atoms with Gasteiger partial charge in [-0.05, 0) is 35.1 Å². The number of hydrogen-bond donors (Lipinski definition) is 0. The summed E-state index contributed by atoms with van der Waals surface area (Å²) in [6.07, 6.45) is 0. The molecule has 15 heavy (non-hydrogen) atoms. The highest BCUT2D eigenvalue weighted by Crippen LogP contribution is 2.27.